The zero-order valence-electron chi connectivity index (χ0n) is 20.9. The Kier molecular flexibility index (Phi) is 11.5. The maximum absolute atomic E-state index is 13.5. The second kappa shape index (κ2) is 13.5. The second-order valence-corrected chi connectivity index (χ2v) is 9.07. The Hall–Kier alpha value is -3.01. The van der Waals surface area contributed by atoms with Crippen LogP contribution in [-0.4, -0.2) is 47.5 Å². The van der Waals surface area contributed by atoms with E-state index in [1.54, 1.807) is 52.0 Å². The highest BCUT2D eigenvalue weighted by Crippen LogP contribution is 2.24. The molecule has 0 bridgehead atoms. The topological polar surface area (TPSA) is 87.7 Å². The summed E-state index contributed by atoms with van der Waals surface area (Å²) in [5.41, 5.74) is 0.669. The van der Waals surface area contributed by atoms with Gasteiger partial charge < -0.3 is 20.3 Å². The summed E-state index contributed by atoms with van der Waals surface area (Å²) in [5, 5.41) is 5.55. The van der Waals surface area contributed by atoms with Gasteiger partial charge in [-0.2, -0.15) is 0 Å². The van der Waals surface area contributed by atoms with E-state index in [1.807, 2.05) is 13.8 Å². The van der Waals surface area contributed by atoms with E-state index < -0.39 is 23.8 Å². The minimum atomic E-state index is -0.868. The van der Waals surface area contributed by atoms with Crippen LogP contribution < -0.4 is 10.6 Å². The summed E-state index contributed by atoms with van der Waals surface area (Å²) in [4.78, 5) is 40.5. The molecule has 33 heavy (non-hydrogen) atoms. The van der Waals surface area contributed by atoms with Crippen LogP contribution in [-0.2, 0) is 14.3 Å². The van der Waals surface area contributed by atoms with Crippen molar-refractivity contribution in [2.75, 3.05) is 13.1 Å². The highest BCUT2D eigenvalue weighted by atomic mass is 16.6. The first-order valence-corrected chi connectivity index (χ1v) is 11.7. The Bertz CT molecular complexity index is 821. The summed E-state index contributed by atoms with van der Waals surface area (Å²) in [6.07, 6.45) is 8.14. The average Bonchev–Trinajstić information content (AvgIpc) is 2.75. The third-order valence-electron chi connectivity index (χ3n) is 4.92. The quantitative estimate of drug-likeness (QED) is 0.386. The second-order valence-electron chi connectivity index (χ2n) is 9.07. The van der Waals surface area contributed by atoms with Gasteiger partial charge in [-0.25, -0.2) is 4.79 Å². The number of rotatable bonds is 11. The van der Waals surface area contributed by atoms with E-state index >= 15 is 0 Å². The highest BCUT2D eigenvalue weighted by molar-refractivity contribution is 5.92. The number of carbonyl (C=O) groups excluding carboxylic acids is 3. The molecule has 0 radical (unpaired) electrons. The molecular formula is C26H39N3O4. The number of hydrogen-bond acceptors (Lipinski definition) is 4. The number of hydrogen-bond donors (Lipinski definition) is 2. The molecule has 2 unspecified atom stereocenters. The van der Waals surface area contributed by atoms with Crippen molar-refractivity contribution in [3.63, 3.8) is 0 Å². The number of ether oxygens (including phenoxy) is 1. The van der Waals surface area contributed by atoms with Gasteiger partial charge in [0.25, 0.3) is 0 Å². The summed E-state index contributed by atoms with van der Waals surface area (Å²) < 4.78 is 5.28. The molecule has 1 aromatic rings. The summed E-state index contributed by atoms with van der Waals surface area (Å²) in [6.45, 7) is 11.8. The van der Waals surface area contributed by atoms with Gasteiger partial charge in [0.1, 0.15) is 17.7 Å². The molecule has 2 N–H and O–H groups in total. The molecule has 0 aromatic heterocycles. The van der Waals surface area contributed by atoms with E-state index in [-0.39, 0.29) is 11.8 Å². The summed E-state index contributed by atoms with van der Waals surface area (Å²) in [6, 6.07) is 5.36. The molecule has 1 rings (SSSR count). The van der Waals surface area contributed by atoms with E-state index in [0.29, 0.717) is 30.6 Å². The van der Waals surface area contributed by atoms with Crippen molar-refractivity contribution < 1.29 is 19.1 Å². The fraction of sp³-hybridized carbons (Fsp3) is 0.577. The lowest BCUT2D eigenvalue weighted by molar-refractivity contribution is -0.142. The molecule has 7 nitrogen and oxygen atoms in total. The number of unbranched alkanes of at least 4 members (excludes halogenated alkanes) is 2. The maximum atomic E-state index is 13.5. The van der Waals surface area contributed by atoms with Crippen LogP contribution in [0.2, 0.25) is 0 Å². The van der Waals surface area contributed by atoms with Gasteiger partial charge in [0.05, 0.1) is 0 Å². The van der Waals surface area contributed by atoms with E-state index in [0.717, 1.165) is 19.3 Å². The molecule has 0 aliphatic carbocycles. The minimum Gasteiger partial charge on any atom is -0.444 e. The van der Waals surface area contributed by atoms with Gasteiger partial charge in [-0.05, 0) is 58.2 Å². The first-order valence-electron chi connectivity index (χ1n) is 11.7. The Balaban J connectivity index is 3.25. The SMILES string of the molecule is C#Cc1ccc(C(C(=O)NCCCC)N(CCCC)C(=O)C(C)NC(=O)OC(C)(C)C)cc1. The maximum Gasteiger partial charge on any atom is 0.408 e. The number of nitrogens with zero attached hydrogens (tertiary/aromatic N) is 1. The number of nitrogens with one attached hydrogen (secondary N) is 2. The van der Waals surface area contributed by atoms with Gasteiger partial charge in [-0.15, -0.1) is 6.42 Å². The molecule has 1 aromatic carbocycles. The van der Waals surface area contributed by atoms with Crippen LogP contribution >= 0.6 is 0 Å². The summed E-state index contributed by atoms with van der Waals surface area (Å²) in [7, 11) is 0. The third kappa shape index (κ3) is 9.56. The van der Waals surface area contributed by atoms with Crippen LogP contribution in [0, 0.1) is 12.3 Å². The standard InChI is InChI=1S/C26H39N3O4/c1-8-11-17-27-23(30)22(21-15-13-20(10-3)14-16-21)29(18-12-9-2)24(31)19(4)28-25(32)33-26(5,6)7/h3,13-16,19,22H,8-9,11-12,17-18H2,1-2,4-7H3,(H,27,30)(H,28,32). The smallest absolute Gasteiger partial charge is 0.408 e. The molecule has 0 fully saturated rings. The monoisotopic (exact) mass is 457 g/mol. The van der Waals surface area contributed by atoms with Gasteiger partial charge in [-0.1, -0.05) is 44.7 Å². The van der Waals surface area contributed by atoms with Gasteiger partial charge >= 0.3 is 6.09 Å². The van der Waals surface area contributed by atoms with Crippen LogP contribution in [0.5, 0.6) is 0 Å². The van der Waals surface area contributed by atoms with Gasteiger partial charge in [0.15, 0.2) is 0 Å². The van der Waals surface area contributed by atoms with E-state index in [2.05, 4.69) is 16.6 Å². The number of benzene rings is 1. The molecular weight excluding hydrogens is 418 g/mol. The summed E-state index contributed by atoms with van der Waals surface area (Å²) >= 11 is 0. The Labute approximate surface area is 198 Å². The van der Waals surface area contributed by atoms with Crippen molar-refractivity contribution in [1.29, 1.82) is 0 Å². The first-order chi connectivity index (χ1) is 15.5. The first kappa shape index (κ1) is 28.0. The number of carbonyl (C=O) groups is 3. The van der Waals surface area contributed by atoms with Gasteiger partial charge in [-0.3, -0.25) is 9.59 Å². The molecule has 0 aliphatic heterocycles. The largest absolute Gasteiger partial charge is 0.444 e. The van der Waals surface area contributed by atoms with Crippen molar-refractivity contribution in [3.8, 4) is 12.3 Å². The van der Waals surface area contributed by atoms with E-state index in [1.165, 1.54) is 4.90 Å². The van der Waals surface area contributed by atoms with Crippen LogP contribution in [0.1, 0.15) is 84.4 Å². The van der Waals surface area contributed by atoms with Crippen LogP contribution in [0.3, 0.4) is 0 Å². The Morgan fingerprint density at radius 3 is 2.21 bits per heavy atom. The van der Waals surface area contributed by atoms with Crippen molar-refractivity contribution in [2.45, 2.75) is 84.9 Å². The van der Waals surface area contributed by atoms with Crippen molar-refractivity contribution in [3.05, 3.63) is 35.4 Å². The molecule has 0 heterocycles. The normalized spacial score (nSPS) is 12.8. The molecule has 0 aliphatic rings. The van der Waals surface area contributed by atoms with Gasteiger partial charge in [0, 0.05) is 18.7 Å². The Morgan fingerprint density at radius 1 is 1.09 bits per heavy atom. The highest BCUT2D eigenvalue weighted by Gasteiger charge is 2.34. The lowest BCUT2D eigenvalue weighted by Crippen LogP contribution is -2.52. The molecule has 2 atom stereocenters. The molecule has 3 amide bonds. The number of terminal acetylenes is 1. The van der Waals surface area contributed by atoms with Crippen LogP contribution in [0.4, 0.5) is 4.79 Å². The lowest BCUT2D eigenvalue weighted by Gasteiger charge is -2.33. The molecule has 7 heteroatoms. The van der Waals surface area contributed by atoms with Crippen LogP contribution in [0.25, 0.3) is 0 Å². The van der Waals surface area contributed by atoms with Crippen molar-refractivity contribution >= 4 is 17.9 Å². The van der Waals surface area contributed by atoms with Crippen molar-refractivity contribution in [1.82, 2.24) is 15.5 Å². The van der Waals surface area contributed by atoms with Crippen molar-refractivity contribution in [2.24, 2.45) is 0 Å². The van der Waals surface area contributed by atoms with Crippen LogP contribution in [0.15, 0.2) is 24.3 Å². The lowest BCUT2D eigenvalue weighted by atomic mass is 10.0. The molecule has 0 saturated heterocycles. The molecule has 0 spiro atoms. The molecule has 0 saturated carbocycles. The zero-order chi connectivity index (χ0) is 25.0. The fourth-order valence-electron chi connectivity index (χ4n) is 3.21. The number of alkyl carbamates (subject to hydrolysis) is 1. The predicted octanol–water partition coefficient (Wildman–Crippen LogP) is 4.17. The van der Waals surface area contributed by atoms with Gasteiger partial charge in [0.2, 0.25) is 11.8 Å². The summed E-state index contributed by atoms with van der Waals surface area (Å²) in [5.74, 6) is 1.95. The fourth-order valence-corrected chi connectivity index (χ4v) is 3.21. The third-order valence-corrected chi connectivity index (χ3v) is 4.92. The number of amides is 3. The predicted molar refractivity (Wildman–Crippen MR) is 130 cm³/mol. The van der Waals surface area contributed by atoms with E-state index in [9.17, 15) is 14.4 Å². The average molecular weight is 458 g/mol. The Morgan fingerprint density at radius 2 is 1.70 bits per heavy atom. The molecule has 182 valence electrons. The van der Waals surface area contributed by atoms with E-state index in [4.69, 9.17) is 11.2 Å². The minimum absolute atomic E-state index is 0.258. The zero-order valence-corrected chi connectivity index (χ0v) is 20.9.